The molecule has 2 rings (SSSR count). The topological polar surface area (TPSA) is 26.3 Å². The van der Waals surface area contributed by atoms with Gasteiger partial charge in [-0.3, -0.25) is 0 Å². The maximum Gasteiger partial charge on any atom is 0.106 e. The Morgan fingerprint density at radius 2 is 1.62 bits per heavy atom. The predicted octanol–water partition coefficient (Wildman–Crippen LogP) is 4.67. The summed E-state index contributed by atoms with van der Waals surface area (Å²) in [4.78, 5) is 8.00. The number of rotatable bonds is 5. The van der Waals surface area contributed by atoms with Gasteiger partial charge in [-0.25, -0.2) is 0 Å². The highest BCUT2D eigenvalue weighted by molar-refractivity contribution is 5.41. The molecular formula is C19H30O2. The first kappa shape index (κ1) is 17.9. The summed E-state index contributed by atoms with van der Waals surface area (Å²) in [5.74, 6) is 1.89. The molecule has 0 radical (unpaired) electrons. The van der Waals surface area contributed by atoms with Crippen molar-refractivity contribution in [1.29, 1.82) is 0 Å². The van der Waals surface area contributed by atoms with Gasteiger partial charge in [0.25, 0.3) is 0 Å². The molecule has 1 aromatic carbocycles. The molecule has 0 saturated heterocycles. The van der Waals surface area contributed by atoms with Gasteiger partial charge in [0.05, 0.1) is 0 Å². The molecular weight excluding hydrogens is 260 g/mol. The number of hydrogen-bond donors (Lipinski definition) is 0. The van der Waals surface area contributed by atoms with Crippen LogP contribution in [0, 0.1) is 5.92 Å². The zero-order valence-electron chi connectivity index (χ0n) is 14.4. The van der Waals surface area contributed by atoms with Gasteiger partial charge in [0, 0.05) is 13.7 Å². The van der Waals surface area contributed by atoms with Crippen molar-refractivity contribution in [2.45, 2.75) is 58.3 Å². The third kappa shape index (κ3) is 3.94. The Morgan fingerprint density at radius 3 is 2.00 bits per heavy atom. The van der Waals surface area contributed by atoms with Gasteiger partial charge in [-0.1, -0.05) is 52.8 Å². The number of ether oxygens (including phenoxy) is 1. The lowest BCUT2D eigenvalue weighted by atomic mass is 9.87. The van der Waals surface area contributed by atoms with Crippen LogP contribution in [0.5, 0.6) is 0 Å². The lowest BCUT2D eigenvalue weighted by Crippen LogP contribution is -2.10. The fourth-order valence-electron chi connectivity index (χ4n) is 2.92. The maximum absolute atomic E-state index is 8.00. The van der Waals surface area contributed by atoms with Crippen molar-refractivity contribution in [3.63, 3.8) is 0 Å². The SMILES string of the molecule is C=O.COCC1C[C@]1(C)c1cc(C(C)C)cc(C(C)C)c1. The van der Waals surface area contributed by atoms with Gasteiger partial charge in [-0.05, 0) is 46.3 Å². The van der Waals surface area contributed by atoms with E-state index in [1.54, 1.807) is 0 Å². The zero-order valence-corrected chi connectivity index (χ0v) is 14.4. The average molecular weight is 290 g/mol. The third-order valence-electron chi connectivity index (χ3n) is 4.75. The lowest BCUT2D eigenvalue weighted by molar-refractivity contribution is -0.0979. The van der Waals surface area contributed by atoms with Crippen LogP contribution in [0.2, 0.25) is 0 Å². The highest BCUT2D eigenvalue weighted by Crippen LogP contribution is 2.54. The van der Waals surface area contributed by atoms with Crippen molar-refractivity contribution < 1.29 is 9.53 Å². The zero-order chi connectivity index (χ0) is 16.2. The smallest absolute Gasteiger partial charge is 0.106 e. The first-order chi connectivity index (χ1) is 9.88. The van der Waals surface area contributed by atoms with E-state index in [-0.39, 0.29) is 0 Å². The number of hydrogen-bond acceptors (Lipinski definition) is 2. The van der Waals surface area contributed by atoms with E-state index < -0.39 is 0 Å². The fraction of sp³-hybridized carbons (Fsp3) is 0.632. The van der Waals surface area contributed by atoms with Crippen LogP contribution in [-0.2, 0) is 14.9 Å². The molecule has 1 fully saturated rings. The highest BCUT2D eigenvalue weighted by Gasteiger charge is 2.51. The van der Waals surface area contributed by atoms with Gasteiger partial charge >= 0.3 is 0 Å². The van der Waals surface area contributed by atoms with E-state index in [2.05, 4.69) is 52.8 Å². The minimum Gasteiger partial charge on any atom is -0.384 e. The van der Waals surface area contributed by atoms with Crippen molar-refractivity contribution >= 4 is 6.79 Å². The van der Waals surface area contributed by atoms with Crippen LogP contribution < -0.4 is 0 Å². The first-order valence-corrected chi connectivity index (χ1v) is 7.81. The Kier molecular flexibility index (Phi) is 6.15. The number of benzene rings is 1. The molecule has 1 aliphatic rings. The lowest BCUT2D eigenvalue weighted by Gasteiger charge is -2.19. The largest absolute Gasteiger partial charge is 0.384 e. The molecule has 0 spiro atoms. The van der Waals surface area contributed by atoms with Crippen LogP contribution in [0.25, 0.3) is 0 Å². The van der Waals surface area contributed by atoms with E-state index in [4.69, 9.17) is 9.53 Å². The van der Waals surface area contributed by atoms with Crippen molar-refractivity contribution in [1.82, 2.24) is 0 Å². The minimum absolute atomic E-state index is 0.338. The molecule has 1 aromatic rings. The summed E-state index contributed by atoms with van der Waals surface area (Å²) in [5, 5.41) is 0. The molecule has 0 bridgehead atoms. The number of carbonyl (C=O) groups is 1. The van der Waals surface area contributed by atoms with Gasteiger partial charge in [-0.2, -0.15) is 0 Å². The van der Waals surface area contributed by atoms with Gasteiger partial charge in [0.15, 0.2) is 0 Å². The summed E-state index contributed by atoms with van der Waals surface area (Å²) in [6, 6.07) is 7.23. The summed E-state index contributed by atoms with van der Waals surface area (Å²) < 4.78 is 5.34. The quantitative estimate of drug-likeness (QED) is 0.787. The van der Waals surface area contributed by atoms with E-state index in [1.807, 2.05) is 13.9 Å². The predicted molar refractivity (Wildman–Crippen MR) is 89.1 cm³/mol. The highest BCUT2D eigenvalue weighted by atomic mass is 16.5. The molecule has 0 heterocycles. The van der Waals surface area contributed by atoms with Crippen molar-refractivity contribution in [3.8, 4) is 0 Å². The number of methoxy groups -OCH3 is 1. The Hall–Kier alpha value is -1.15. The maximum atomic E-state index is 8.00. The normalized spacial score (nSPS) is 23.9. The molecule has 2 nitrogen and oxygen atoms in total. The molecule has 21 heavy (non-hydrogen) atoms. The monoisotopic (exact) mass is 290 g/mol. The summed E-state index contributed by atoms with van der Waals surface area (Å²) in [6.45, 7) is 14.4. The molecule has 1 saturated carbocycles. The Morgan fingerprint density at radius 1 is 1.14 bits per heavy atom. The Balaban J connectivity index is 0.00000106. The second-order valence-corrected chi connectivity index (χ2v) is 6.97. The van der Waals surface area contributed by atoms with Crippen molar-refractivity contribution in [3.05, 3.63) is 34.9 Å². The van der Waals surface area contributed by atoms with E-state index in [1.165, 1.54) is 23.1 Å². The van der Waals surface area contributed by atoms with Gasteiger partial charge in [0.2, 0.25) is 0 Å². The third-order valence-corrected chi connectivity index (χ3v) is 4.75. The average Bonchev–Trinajstić information content (AvgIpc) is 3.13. The molecule has 2 atom stereocenters. The van der Waals surface area contributed by atoms with Crippen LogP contribution >= 0.6 is 0 Å². The molecule has 0 N–H and O–H groups in total. The van der Waals surface area contributed by atoms with E-state index >= 15 is 0 Å². The molecule has 0 aromatic heterocycles. The van der Waals surface area contributed by atoms with Gasteiger partial charge < -0.3 is 9.53 Å². The van der Waals surface area contributed by atoms with Crippen molar-refractivity contribution in [2.75, 3.05) is 13.7 Å². The van der Waals surface area contributed by atoms with Crippen LogP contribution in [0.15, 0.2) is 18.2 Å². The molecule has 0 aliphatic heterocycles. The Bertz CT molecular complexity index is 438. The second kappa shape index (κ2) is 7.22. The van der Waals surface area contributed by atoms with Crippen LogP contribution in [0.4, 0.5) is 0 Å². The summed E-state index contributed by atoms with van der Waals surface area (Å²) in [6.07, 6.45) is 1.26. The minimum atomic E-state index is 0.338. The van der Waals surface area contributed by atoms with E-state index in [0.29, 0.717) is 23.2 Å². The molecule has 1 aliphatic carbocycles. The Labute approximate surface area is 129 Å². The summed E-state index contributed by atoms with van der Waals surface area (Å²) >= 11 is 0. The fourth-order valence-corrected chi connectivity index (χ4v) is 2.92. The van der Waals surface area contributed by atoms with Crippen LogP contribution in [0.3, 0.4) is 0 Å². The number of carbonyl (C=O) groups excluding carboxylic acids is 1. The van der Waals surface area contributed by atoms with Crippen LogP contribution in [-0.4, -0.2) is 20.5 Å². The van der Waals surface area contributed by atoms with Crippen molar-refractivity contribution in [2.24, 2.45) is 5.92 Å². The van der Waals surface area contributed by atoms with E-state index in [9.17, 15) is 0 Å². The summed E-state index contributed by atoms with van der Waals surface area (Å²) in [5.41, 5.74) is 4.81. The summed E-state index contributed by atoms with van der Waals surface area (Å²) in [7, 11) is 1.81. The molecule has 1 unspecified atom stereocenters. The first-order valence-electron chi connectivity index (χ1n) is 7.81. The standard InChI is InChI=1S/C18H28O.CH2O/c1-12(2)14-7-15(13(3)4)9-16(8-14)18(5)10-17(18)11-19-6;1-2/h7-9,12-13,17H,10-11H2,1-6H3;1H2/t17?,18-;/m1./s1. The molecule has 2 heteroatoms. The van der Waals surface area contributed by atoms with E-state index in [0.717, 1.165) is 6.61 Å². The van der Waals surface area contributed by atoms with Gasteiger partial charge in [-0.15, -0.1) is 0 Å². The second-order valence-electron chi connectivity index (χ2n) is 6.97. The van der Waals surface area contributed by atoms with Gasteiger partial charge in [0.1, 0.15) is 6.79 Å². The molecule has 118 valence electrons. The van der Waals surface area contributed by atoms with Crippen LogP contribution in [0.1, 0.15) is 69.6 Å². The molecule has 0 amide bonds.